The number of pyridine rings is 1. The van der Waals surface area contributed by atoms with E-state index in [9.17, 15) is 0 Å². The third-order valence-electron chi connectivity index (χ3n) is 4.96. The van der Waals surface area contributed by atoms with Gasteiger partial charge in [0, 0.05) is 29.9 Å². The topological polar surface area (TPSA) is 54.7 Å². The molecule has 0 saturated heterocycles. The maximum Gasteiger partial charge on any atom is 0.138 e. The number of nitrogens with one attached hydrogen (secondary N) is 1. The number of benzene rings is 2. The van der Waals surface area contributed by atoms with E-state index in [1.54, 1.807) is 0 Å². The third-order valence-corrected chi connectivity index (χ3v) is 4.96. The Hall–Kier alpha value is -2.91. The minimum atomic E-state index is 0.436. The first-order chi connectivity index (χ1) is 12.7. The molecule has 0 unspecified atom stereocenters. The van der Waals surface area contributed by atoms with E-state index < -0.39 is 0 Å². The summed E-state index contributed by atoms with van der Waals surface area (Å²) in [6.45, 7) is 5.00. The Morgan fingerprint density at radius 3 is 2.50 bits per heavy atom. The van der Waals surface area contributed by atoms with E-state index in [4.69, 9.17) is 5.73 Å². The predicted molar refractivity (Wildman–Crippen MR) is 109 cm³/mol. The van der Waals surface area contributed by atoms with Crippen molar-refractivity contribution in [1.82, 2.24) is 9.97 Å². The van der Waals surface area contributed by atoms with Gasteiger partial charge in [-0.25, -0.2) is 4.98 Å². The lowest BCUT2D eigenvalue weighted by molar-refractivity contribution is 0.840. The molecule has 4 rings (SSSR count). The quantitative estimate of drug-likeness (QED) is 0.516. The van der Waals surface area contributed by atoms with E-state index in [2.05, 4.69) is 72.3 Å². The zero-order valence-electron chi connectivity index (χ0n) is 15.2. The first-order valence-electron chi connectivity index (χ1n) is 9.04. The highest BCUT2D eigenvalue weighted by atomic mass is 14.8. The summed E-state index contributed by atoms with van der Waals surface area (Å²) >= 11 is 0. The Labute approximate surface area is 153 Å². The van der Waals surface area contributed by atoms with Gasteiger partial charge in [-0.3, -0.25) is 0 Å². The van der Waals surface area contributed by atoms with Gasteiger partial charge in [0.1, 0.15) is 5.65 Å². The number of nitrogens with zero attached hydrogens (tertiary/aromatic N) is 1. The minimum absolute atomic E-state index is 0.436. The van der Waals surface area contributed by atoms with Crippen molar-refractivity contribution in [3.8, 4) is 22.3 Å². The summed E-state index contributed by atoms with van der Waals surface area (Å²) in [5, 5.41) is 1.16. The Kier molecular flexibility index (Phi) is 4.31. The number of H-pyrrole nitrogens is 1. The van der Waals surface area contributed by atoms with Crippen LogP contribution in [0.5, 0.6) is 0 Å². The molecule has 2 aromatic carbocycles. The number of rotatable bonds is 4. The van der Waals surface area contributed by atoms with Crippen molar-refractivity contribution in [2.75, 3.05) is 0 Å². The second-order valence-corrected chi connectivity index (χ2v) is 6.92. The van der Waals surface area contributed by atoms with Crippen LogP contribution in [-0.2, 0) is 6.54 Å². The Balaban J connectivity index is 1.96. The maximum atomic E-state index is 5.94. The molecule has 4 aromatic rings. The van der Waals surface area contributed by atoms with Crippen LogP contribution in [0.2, 0.25) is 0 Å². The first-order valence-corrected chi connectivity index (χ1v) is 9.04. The highest BCUT2D eigenvalue weighted by Crippen LogP contribution is 2.36. The summed E-state index contributed by atoms with van der Waals surface area (Å²) in [6.07, 6.45) is 3.92. The maximum absolute atomic E-state index is 5.94. The second kappa shape index (κ2) is 6.77. The van der Waals surface area contributed by atoms with Crippen LogP contribution in [0, 0.1) is 0 Å². The van der Waals surface area contributed by atoms with Gasteiger partial charge in [-0.05, 0) is 39.8 Å². The molecule has 3 N–H and O–H groups in total. The normalized spacial score (nSPS) is 11.4. The van der Waals surface area contributed by atoms with E-state index in [1.165, 1.54) is 33.4 Å². The zero-order chi connectivity index (χ0) is 18.1. The molecule has 26 heavy (non-hydrogen) atoms. The van der Waals surface area contributed by atoms with Crippen LogP contribution in [0.1, 0.15) is 30.9 Å². The smallest absolute Gasteiger partial charge is 0.138 e. The molecule has 2 aromatic heterocycles. The van der Waals surface area contributed by atoms with Crippen LogP contribution >= 0.6 is 0 Å². The molecular formula is C23H23N3. The van der Waals surface area contributed by atoms with Gasteiger partial charge in [-0.15, -0.1) is 0 Å². The van der Waals surface area contributed by atoms with Gasteiger partial charge in [0.25, 0.3) is 0 Å². The van der Waals surface area contributed by atoms with Crippen molar-refractivity contribution in [2.24, 2.45) is 5.73 Å². The molecule has 0 aliphatic carbocycles. The average Bonchev–Trinajstić information content (AvgIpc) is 3.12. The van der Waals surface area contributed by atoms with Crippen molar-refractivity contribution >= 4 is 11.0 Å². The first kappa shape index (κ1) is 16.6. The summed E-state index contributed by atoms with van der Waals surface area (Å²) in [6, 6.07) is 19.2. The van der Waals surface area contributed by atoms with Crippen LogP contribution in [0.3, 0.4) is 0 Å². The Morgan fingerprint density at radius 2 is 1.77 bits per heavy atom. The summed E-state index contributed by atoms with van der Waals surface area (Å²) in [5.74, 6) is 0.436. The number of hydrogen-bond donors (Lipinski definition) is 2. The molecule has 3 nitrogen and oxygen atoms in total. The van der Waals surface area contributed by atoms with Crippen LogP contribution in [0.15, 0.2) is 67.0 Å². The van der Waals surface area contributed by atoms with Crippen molar-refractivity contribution in [1.29, 1.82) is 0 Å². The lowest BCUT2D eigenvalue weighted by atomic mass is 9.91. The molecule has 3 heteroatoms. The number of aromatic amines is 1. The van der Waals surface area contributed by atoms with Crippen molar-refractivity contribution in [3.05, 3.63) is 78.1 Å². The van der Waals surface area contributed by atoms with E-state index in [0.29, 0.717) is 12.5 Å². The van der Waals surface area contributed by atoms with Gasteiger partial charge in [0.05, 0.1) is 0 Å². The van der Waals surface area contributed by atoms with Crippen LogP contribution < -0.4 is 5.73 Å². The molecule has 0 bridgehead atoms. The van der Waals surface area contributed by atoms with Crippen molar-refractivity contribution in [2.45, 2.75) is 26.3 Å². The largest absolute Gasteiger partial charge is 0.345 e. The fourth-order valence-corrected chi connectivity index (χ4v) is 3.63. The second-order valence-electron chi connectivity index (χ2n) is 6.92. The third kappa shape index (κ3) is 2.80. The molecule has 0 aliphatic rings. The molecule has 0 saturated carbocycles. The van der Waals surface area contributed by atoms with E-state index in [1.807, 2.05) is 18.5 Å². The lowest BCUT2D eigenvalue weighted by Crippen LogP contribution is -2.03. The number of fused-ring (bicyclic) bond motifs is 1. The molecule has 0 atom stereocenters. The standard InChI is InChI=1S/C23H23N3/c1-15(2)20-12-17(8-9-18(20)13-24)19-10-11-25-23-22(19)21(14-26-23)16-6-4-3-5-7-16/h3-12,14-15H,13,24H2,1-2H3,(H,25,26). The molecule has 0 spiro atoms. The summed E-state index contributed by atoms with van der Waals surface area (Å²) in [4.78, 5) is 7.85. The molecule has 2 heterocycles. The van der Waals surface area contributed by atoms with Gasteiger partial charge in [0.15, 0.2) is 0 Å². The fourth-order valence-electron chi connectivity index (χ4n) is 3.63. The van der Waals surface area contributed by atoms with E-state index in [-0.39, 0.29) is 0 Å². The molecular weight excluding hydrogens is 318 g/mol. The van der Waals surface area contributed by atoms with E-state index >= 15 is 0 Å². The summed E-state index contributed by atoms with van der Waals surface area (Å²) < 4.78 is 0. The molecule has 0 aliphatic heterocycles. The van der Waals surface area contributed by atoms with Gasteiger partial charge >= 0.3 is 0 Å². The van der Waals surface area contributed by atoms with Gasteiger partial charge in [-0.2, -0.15) is 0 Å². The van der Waals surface area contributed by atoms with Crippen LogP contribution in [0.25, 0.3) is 33.3 Å². The molecule has 0 amide bonds. The lowest BCUT2D eigenvalue weighted by Gasteiger charge is -2.14. The zero-order valence-corrected chi connectivity index (χ0v) is 15.2. The highest BCUT2D eigenvalue weighted by molar-refractivity contribution is 6.04. The van der Waals surface area contributed by atoms with Crippen molar-refractivity contribution < 1.29 is 0 Å². The summed E-state index contributed by atoms with van der Waals surface area (Å²) in [7, 11) is 0. The Morgan fingerprint density at radius 1 is 0.962 bits per heavy atom. The average molecular weight is 341 g/mol. The Bertz CT molecular complexity index is 1050. The molecule has 130 valence electrons. The predicted octanol–water partition coefficient (Wildman–Crippen LogP) is 5.48. The van der Waals surface area contributed by atoms with Gasteiger partial charge in [0.2, 0.25) is 0 Å². The fraction of sp³-hybridized carbons (Fsp3) is 0.174. The summed E-state index contributed by atoms with van der Waals surface area (Å²) in [5.41, 5.74) is 14.1. The van der Waals surface area contributed by atoms with Gasteiger partial charge in [-0.1, -0.05) is 62.4 Å². The SMILES string of the molecule is CC(C)c1cc(-c2ccnc3[nH]cc(-c4ccccc4)c23)ccc1CN. The monoisotopic (exact) mass is 341 g/mol. The minimum Gasteiger partial charge on any atom is -0.345 e. The van der Waals surface area contributed by atoms with Gasteiger partial charge < -0.3 is 10.7 Å². The highest BCUT2D eigenvalue weighted by Gasteiger charge is 2.14. The number of hydrogen-bond acceptors (Lipinski definition) is 2. The van der Waals surface area contributed by atoms with E-state index in [0.717, 1.165) is 11.0 Å². The van der Waals surface area contributed by atoms with Crippen LogP contribution in [0.4, 0.5) is 0 Å². The molecule has 0 fully saturated rings. The van der Waals surface area contributed by atoms with Crippen molar-refractivity contribution in [3.63, 3.8) is 0 Å². The number of aromatic nitrogens is 2. The molecule has 0 radical (unpaired) electrons. The van der Waals surface area contributed by atoms with Crippen LogP contribution in [-0.4, -0.2) is 9.97 Å². The number of nitrogens with two attached hydrogens (primary N) is 1.